The van der Waals surface area contributed by atoms with E-state index in [2.05, 4.69) is 24.4 Å². The molecule has 1 unspecified atom stereocenters. The van der Waals surface area contributed by atoms with Gasteiger partial charge in [-0.15, -0.1) is 0 Å². The van der Waals surface area contributed by atoms with Gasteiger partial charge in [-0.05, 0) is 48.4 Å². The Morgan fingerprint density at radius 1 is 1.10 bits per heavy atom. The van der Waals surface area contributed by atoms with Crippen molar-refractivity contribution in [3.8, 4) is 0 Å². The van der Waals surface area contributed by atoms with Gasteiger partial charge in [0.2, 0.25) is 5.09 Å². The second kappa shape index (κ2) is 9.13. The van der Waals surface area contributed by atoms with Gasteiger partial charge in [-0.25, -0.2) is 8.42 Å². The second-order valence-electron chi connectivity index (χ2n) is 7.92. The topological polar surface area (TPSA) is 79.6 Å². The third-order valence-electron chi connectivity index (χ3n) is 5.30. The number of amides is 1. The van der Waals surface area contributed by atoms with E-state index in [0.29, 0.717) is 13.1 Å². The maximum Gasteiger partial charge on any atom is 0.287 e. The number of benzene rings is 1. The molecule has 1 amide bonds. The Kier molecular flexibility index (Phi) is 6.80. The maximum absolute atomic E-state index is 12.8. The van der Waals surface area contributed by atoms with E-state index >= 15 is 0 Å². The molecule has 1 aliphatic heterocycles. The van der Waals surface area contributed by atoms with E-state index in [1.807, 2.05) is 26.0 Å². The van der Waals surface area contributed by atoms with Crippen LogP contribution in [0.2, 0.25) is 0 Å². The van der Waals surface area contributed by atoms with Crippen LogP contribution in [-0.4, -0.2) is 31.7 Å². The summed E-state index contributed by atoms with van der Waals surface area (Å²) < 4.78 is 32.1. The van der Waals surface area contributed by atoms with Gasteiger partial charge in [-0.3, -0.25) is 4.79 Å². The number of carbonyl (C=O) groups is 1. The lowest BCUT2D eigenvalue weighted by atomic mass is 9.94. The van der Waals surface area contributed by atoms with Crippen molar-refractivity contribution >= 4 is 15.9 Å². The largest absolute Gasteiger partial charge is 0.438 e. The maximum atomic E-state index is 12.8. The molecule has 2 aromatic rings. The lowest BCUT2D eigenvalue weighted by Crippen LogP contribution is -2.31. The molecule has 0 aliphatic carbocycles. The van der Waals surface area contributed by atoms with Crippen molar-refractivity contribution in [2.24, 2.45) is 5.92 Å². The first-order valence-corrected chi connectivity index (χ1v) is 11.8. The summed E-state index contributed by atoms with van der Waals surface area (Å²) in [6, 6.07) is 10.9. The molecule has 6 nitrogen and oxygen atoms in total. The number of hydrogen-bond donors (Lipinski definition) is 1. The highest BCUT2D eigenvalue weighted by molar-refractivity contribution is 7.89. The normalized spacial score (nSPS) is 16.3. The molecule has 1 atom stereocenters. The summed E-state index contributed by atoms with van der Waals surface area (Å²) in [6.07, 6.45) is 3.81. The highest BCUT2D eigenvalue weighted by atomic mass is 32.2. The number of nitrogens with zero attached hydrogens (tertiary/aromatic N) is 1. The average Bonchev–Trinajstić information content (AvgIpc) is 3.39. The molecular weight excluding hydrogens is 388 g/mol. The van der Waals surface area contributed by atoms with Crippen molar-refractivity contribution in [3.63, 3.8) is 0 Å². The first-order chi connectivity index (χ1) is 13.8. The zero-order valence-electron chi connectivity index (χ0n) is 17.3. The predicted molar refractivity (Wildman–Crippen MR) is 112 cm³/mol. The van der Waals surface area contributed by atoms with E-state index in [1.54, 1.807) is 0 Å². The molecule has 29 heavy (non-hydrogen) atoms. The number of rotatable bonds is 8. The molecule has 1 aromatic carbocycles. The Morgan fingerprint density at radius 2 is 1.76 bits per heavy atom. The predicted octanol–water partition coefficient (Wildman–Crippen LogP) is 4.14. The summed E-state index contributed by atoms with van der Waals surface area (Å²) in [5.41, 5.74) is 2.29. The molecule has 3 rings (SSSR count). The van der Waals surface area contributed by atoms with Gasteiger partial charge >= 0.3 is 0 Å². The van der Waals surface area contributed by atoms with Crippen LogP contribution in [0.1, 0.15) is 67.8 Å². The van der Waals surface area contributed by atoms with Gasteiger partial charge in [0.1, 0.15) is 0 Å². The van der Waals surface area contributed by atoms with Crippen molar-refractivity contribution < 1.29 is 17.6 Å². The summed E-state index contributed by atoms with van der Waals surface area (Å²) in [6.45, 7) is 7.21. The van der Waals surface area contributed by atoms with Gasteiger partial charge in [-0.1, -0.05) is 51.5 Å². The van der Waals surface area contributed by atoms with E-state index in [9.17, 15) is 13.2 Å². The molecule has 0 spiro atoms. The summed E-state index contributed by atoms with van der Waals surface area (Å²) in [4.78, 5) is 12.8. The molecule has 1 N–H and O–H groups in total. The number of furan rings is 1. The number of sulfonamides is 1. The highest BCUT2D eigenvalue weighted by Crippen LogP contribution is 2.25. The van der Waals surface area contributed by atoms with E-state index in [-0.39, 0.29) is 22.8 Å². The molecule has 1 fully saturated rings. The zero-order chi connectivity index (χ0) is 21.0. The summed E-state index contributed by atoms with van der Waals surface area (Å²) in [7, 11) is -3.67. The first-order valence-electron chi connectivity index (χ1n) is 10.3. The van der Waals surface area contributed by atoms with Gasteiger partial charge in [-0.2, -0.15) is 4.31 Å². The number of nitrogens with one attached hydrogen (secondary N) is 1. The molecule has 1 aliphatic rings. The van der Waals surface area contributed by atoms with E-state index in [0.717, 1.165) is 31.2 Å². The van der Waals surface area contributed by atoms with Crippen LogP contribution in [0, 0.1) is 5.92 Å². The molecule has 0 saturated carbocycles. The van der Waals surface area contributed by atoms with E-state index in [1.165, 1.54) is 22.0 Å². The van der Waals surface area contributed by atoms with Crippen LogP contribution in [0.3, 0.4) is 0 Å². The van der Waals surface area contributed by atoms with Crippen LogP contribution in [-0.2, 0) is 16.4 Å². The van der Waals surface area contributed by atoms with Crippen molar-refractivity contribution in [3.05, 3.63) is 53.3 Å². The minimum atomic E-state index is -3.67. The molecule has 0 bridgehead atoms. The fourth-order valence-electron chi connectivity index (χ4n) is 3.66. The minimum absolute atomic E-state index is 0.0102. The summed E-state index contributed by atoms with van der Waals surface area (Å²) >= 11 is 0. The SMILES string of the molecule is CCCc1ccc(C(NC(=O)c2ccc(S(=O)(=O)N3CCCC3)o2)C(C)C)cc1. The van der Waals surface area contributed by atoms with Gasteiger partial charge < -0.3 is 9.73 Å². The Hall–Kier alpha value is -2.12. The van der Waals surface area contributed by atoms with Crippen LogP contribution in [0.4, 0.5) is 0 Å². The quantitative estimate of drug-likeness (QED) is 0.699. The van der Waals surface area contributed by atoms with Crippen LogP contribution in [0.25, 0.3) is 0 Å². The molecule has 1 saturated heterocycles. The van der Waals surface area contributed by atoms with E-state index in [4.69, 9.17) is 4.42 Å². The lowest BCUT2D eigenvalue weighted by Gasteiger charge is -2.22. The van der Waals surface area contributed by atoms with Crippen molar-refractivity contribution in [1.29, 1.82) is 0 Å². The van der Waals surface area contributed by atoms with Gasteiger partial charge in [0, 0.05) is 13.1 Å². The monoisotopic (exact) mass is 418 g/mol. The van der Waals surface area contributed by atoms with Crippen LogP contribution in [0.15, 0.2) is 45.9 Å². The van der Waals surface area contributed by atoms with Crippen molar-refractivity contribution in [2.75, 3.05) is 13.1 Å². The average molecular weight is 419 g/mol. The van der Waals surface area contributed by atoms with Crippen LogP contribution in [0.5, 0.6) is 0 Å². The summed E-state index contributed by atoms with van der Waals surface area (Å²) in [5.74, 6) is -0.237. The Labute approximate surface area is 173 Å². The lowest BCUT2D eigenvalue weighted by molar-refractivity contribution is 0.0891. The smallest absolute Gasteiger partial charge is 0.287 e. The van der Waals surface area contributed by atoms with E-state index < -0.39 is 15.9 Å². The zero-order valence-corrected chi connectivity index (χ0v) is 18.2. The number of aryl methyl sites for hydroxylation is 1. The molecule has 158 valence electrons. The van der Waals surface area contributed by atoms with Crippen LogP contribution >= 0.6 is 0 Å². The van der Waals surface area contributed by atoms with Crippen molar-refractivity contribution in [1.82, 2.24) is 9.62 Å². The fourth-order valence-corrected chi connectivity index (χ4v) is 5.09. The minimum Gasteiger partial charge on any atom is -0.438 e. The second-order valence-corrected chi connectivity index (χ2v) is 9.79. The third-order valence-corrected chi connectivity index (χ3v) is 7.07. The number of hydrogen-bond acceptors (Lipinski definition) is 4. The van der Waals surface area contributed by atoms with Gasteiger partial charge in [0.15, 0.2) is 5.76 Å². The molecule has 0 radical (unpaired) electrons. The van der Waals surface area contributed by atoms with Crippen LogP contribution < -0.4 is 5.32 Å². The Bertz CT molecular complexity index is 926. The Morgan fingerprint density at radius 3 is 2.34 bits per heavy atom. The fraction of sp³-hybridized carbons (Fsp3) is 0.500. The highest BCUT2D eigenvalue weighted by Gasteiger charge is 2.31. The third kappa shape index (κ3) is 4.90. The standard InChI is InChI=1S/C22H30N2O4S/c1-4-7-17-8-10-18(11-9-17)21(16(2)3)23-22(25)19-12-13-20(28-19)29(26,27)24-14-5-6-15-24/h8-13,16,21H,4-7,14-15H2,1-3H3,(H,23,25). The number of carbonyl (C=O) groups excluding carboxylic acids is 1. The van der Waals surface area contributed by atoms with Gasteiger partial charge in [0.25, 0.3) is 15.9 Å². The molecule has 1 aromatic heterocycles. The molecule has 2 heterocycles. The first kappa shape index (κ1) is 21.6. The van der Waals surface area contributed by atoms with Gasteiger partial charge in [0.05, 0.1) is 6.04 Å². The molecular formula is C22H30N2O4S. The van der Waals surface area contributed by atoms with Crippen molar-refractivity contribution in [2.45, 2.75) is 57.6 Å². The summed E-state index contributed by atoms with van der Waals surface area (Å²) in [5, 5.41) is 2.82. The Balaban J connectivity index is 1.74. The molecule has 7 heteroatoms.